The first-order chi connectivity index (χ1) is 7.88. The molecule has 0 spiro atoms. The van der Waals surface area contributed by atoms with E-state index in [9.17, 15) is 0 Å². The summed E-state index contributed by atoms with van der Waals surface area (Å²) in [4.78, 5) is 8.42. The Hall–Kier alpha value is -1.36. The number of anilines is 1. The van der Waals surface area contributed by atoms with E-state index < -0.39 is 0 Å². The van der Waals surface area contributed by atoms with Gasteiger partial charge in [-0.3, -0.25) is 0 Å². The fourth-order valence-corrected chi connectivity index (χ4v) is 1.78. The Morgan fingerprint density at radius 3 is 3.31 bits per heavy atom. The van der Waals surface area contributed by atoms with Crippen molar-refractivity contribution >= 4 is 5.95 Å². The zero-order chi connectivity index (χ0) is 11.2. The van der Waals surface area contributed by atoms with Crippen molar-refractivity contribution < 1.29 is 4.74 Å². The molecule has 88 valence electrons. The molecule has 0 saturated carbocycles. The van der Waals surface area contributed by atoms with Crippen molar-refractivity contribution in [1.29, 1.82) is 0 Å². The number of hydrogen-bond donors (Lipinski definition) is 2. The molecule has 5 nitrogen and oxygen atoms in total. The predicted molar refractivity (Wildman–Crippen MR) is 62.7 cm³/mol. The molecule has 1 aromatic heterocycles. The van der Waals surface area contributed by atoms with E-state index in [-0.39, 0.29) is 0 Å². The first-order valence-electron chi connectivity index (χ1n) is 5.79. The highest BCUT2D eigenvalue weighted by Crippen LogP contribution is 2.11. The molecule has 0 aliphatic carbocycles. The Kier molecular flexibility index (Phi) is 3.93. The first kappa shape index (κ1) is 11.1. The van der Waals surface area contributed by atoms with Crippen LogP contribution >= 0.6 is 0 Å². The van der Waals surface area contributed by atoms with Crippen LogP contribution in [0, 0.1) is 5.92 Å². The summed E-state index contributed by atoms with van der Waals surface area (Å²) in [7, 11) is 0. The molecule has 5 heteroatoms. The average Bonchev–Trinajstić information content (AvgIpc) is 2.80. The average molecular weight is 222 g/mol. The van der Waals surface area contributed by atoms with Gasteiger partial charge in [-0.1, -0.05) is 0 Å². The summed E-state index contributed by atoms with van der Waals surface area (Å²) in [6.07, 6.45) is 2.94. The lowest BCUT2D eigenvalue weighted by molar-refractivity contribution is 0.326. The van der Waals surface area contributed by atoms with Gasteiger partial charge in [-0.05, 0) is 32.4 Å². The van der Waals surface area contributed by atoms with Crippen LogP contribution in [-0.2, 0) is 0 Å². The maximum absolute atomic E-state index is 5.31. The largest absolute Gasteiger partial charge is 0.478 e. The molecule has 0 radical (unpaired) electrons. The summed E-state index contributed by atoms with van der Waals surface area (Å²) in [6, 6.07) is 1.77. The molecule has 1 fully saturated rings. The van der Waals surface area contributed by atoms with E-state index in [1.807, 2.05) is 6.92 Å². The van der Waals surface area contributed by atoms with Crippen molar-refractivity contribution in [3.05, 3.63) is 12.3 Å². The molecular formula is C11H18N4O. The molecule has 1 aromatic rings. The minimum atomic E-state index is 0.628. The molecule has 2 N–H and O–H groups in total. The van der Waals surface area contributed by atoms with Crippen molar-refractivity contribution in [2.24, 2.45) is 5.92 Å². The predicted octanol–water partition coefficient (Wildman–Crippen LogP) is 0.897. The molecule has 0 aromatic carbocycles. The van der Waals surface area contributed by atoms with Crippen LogP contribution in [0.2, 0.25) is 0 Å². The highest BCUT2D eigenvalue weighted by molar-refractivity contribution is 5.27. The van der Waals surface area contributed by atoms with Crippen molar-refractivity contribution in [1.82, 2.24) is 15.3 Å². The number of rotatable bonds is 5. The summed E-state index contributed by atoms with van der Waals surface area (Å²) in [6.45, 7) is 5.69. The van der Waals surface area contributed by atoms with Gasteiger partial charge in [-0.25, -0.2) is 4.98 Å². The highest BCUT2D eigenvalue weighted by Gasteiger charge is 2.14. The Morgan fingerprint density at radius 2 is 2.56 bits per heavy atom. The van der Waals surface area contributed by atoms with E-state index in [4.69, 9.17) is 4.74 Å². The lowest BCUT2D eigenvalue weighted by Crippen LogP contribution is -2.18. The van der Waals surface area contributed by atoms with Crippen molar-refractivity contribution in [2.75, 3.05) is 31.6 Å². The summed E-state index contributed by atoms with van der Waals surface area (Å²) in [5.41, 5.74) is 0. The maximum atomic E-state index is 5.31. The summed E-state index contributed by atoms with van der Waals surface area (Å²) >= 11 is 0. The lowest BCUT2D eigenvalue weighted by atomic mass is 10.1. The second kappa shape index (κ2) is 5.65. The third-order valence-corrected chi connectivity index (χ3v) is 2.63. The van der Waals surface area contributed by atoms with Crippen LogP contribution < -0.4 is 15.4 Å². The highest BCUT2D eigenvalue weighted by atomic mass is 16.5. The van der Waals surface area contributed by atoms with Crippen LogP contribution in [0.25, 0.3) is 0 Å². The minimum Gasteiger partial charge on any atom is -0.478 e. The normalized spacial score (nSPS) is 19.7. The maximum Gasteiger partial charge on any atom is 0.225 e. The van der Waals surface area contributed by atoms with Gasteiger partial charge in [0, 0.05) is 18.8 Å². The monoisotopic (exact) mass is 222 g/mol. The molecule has 1 aliphatic heterocycles. The molecule has 0 bridgehead atoms. The summed E-state index contributed by atoms with van der Waals surface area (Å²) < 4.78 is 5.31. The van der Waals surface area contributed by atoms with Crippen molar-refractivity contribution in [3.63, 3.8) is 0 Å². The van der Waals surface area contributed by atoms with Gasteiger partial charge in [0.25, 0.3) is 0 Å². The Morgan fingerprint density at radius 1 is 1.62 bits per heavy atom. The second-order valence-corrected chi connectivity index (χ2v) is 3.89. The third-order valence-electron chi connectivity index (χ3n) is 2.63. The van der Waals surface area contributed by atoms with Crippen LogP contribution in [0.3, 0.4) is 0 Å². The molecule has 1 aliphatic rings. The van der Waals surface area contributed by atoms with Gasteiger partial charge < -0.3 is 15.4 Å². The van der Waals surface area contributed by atoms with Crippen LogP contribution in [0.5, 0.6) is 5.88 Å². The molecule has 1 saturated heterocycles. The van der Waals surface area contributed by atoms with Gasteiger partial charge in [-0.15, -0.1) is 0 Å². The smallest absolute Gasteiger partial charge is 0.225 e. The van der Waals surface area contributed by atoms with Crippen LogP contribution in [-0.4, -0.2) is 36.2 Å². The zero-order valence-corrected chi connectivity index (χ0v) is 9.57. The minimum absolute atomic E-state index is 0.628. The molecule has 2 heterocycles. The van der Waals surface area contributed by atoms with Gasteiger partial charge in [0.2, 0.25) is 11.8 Å². The van der Waals surface area contributed by atoms with Crippen LogP contribution in [0.1, 0.15) is 13.3 Å². The van der Waals surface area contributed by atoms with E-state index in [0.717, 1.165) is 19.6 Å². The Labute approximate surface area is 95.6 Å². The van der Waals surface area contributed by atoms with Crippen molar-refractivity contribution in [3.8, 4) is 5.88 Å². The third kappa shape index (κ3) is 3.06. The number of ether oxygens (including phenoxy) is 1. The Bertz CT molecular complexity index is 326. The van der Waals surface area contributed by atoms with Gasteiger partial charge in [0.05, 0.1) is 6.61 Å². The van der Waals surface area contributed by atoms with E-state index in [1.54, 1.807) is 12.3 Å². The molecule has 1 unspecified atom stereocenters. The molecule has 1 atom stereocenters. The van der Waals surface area contributed by atoms with E-state index >= 15 is 0 Å². The fourth-order valence-electron chi connectivity index (χ4n) is 1.78. The fraction of sp³-hybridized carbons (Fsp3) is 0.636. The topological polar surface area (TPSA) is 59.1 Å². The molecule has 0 amide bonds. The van der Waals surface area contributed by atoms with Crippen LogP contribution in [0.4, 0.5) is 5.95 Å². The molecule has 2 rings (SSSR count). The number of hydrogen-bond acceptors (Lipinski definition) is 5. The van der Waals surface area contributed by atoms with Gasteiger partial charge in [0.15, 0.2) is 0 Å². The SMILES string of the molecule is CCOc1ccnc(NCC2CCNC2)n1. The van der Waals surface area contributed by atoms with Gasteiger partial charge in [0.1, 0.15) is 0 Å². The number of nitrogens with one attached hydrogen (secondary N) is 2. The van der Waals surface area contributed by atoms with Crippen molar-refractivity contribution in [2.45, 2.75) is 13.3 Å². The quantitative estimate of drug-likeness (QED) is 0.775. The van der Waals surface area contributed by atoms with Gasteiger partial charge in [-0.2, -0.15) is 4.98 Å². The number of nitrogens with zero attached hydrogens (tertiary/aromatic N) is 2. The van der Waals surface area contributed by atoms with Crippen LogP contribution in [0.15, 0.2) is 12.3 Å². The van der Waals surface area contributed by atoms with E-state index in [2.05, 4.69) is 20.6 Å². The van der Waals surface area contributed by atoms with E-state index in [0.29, 0.717) is 24.4 Å². The first-order valence-corrected chi connectivity index (χ1v) is 5.79. The summed E-state index contributed by atoms with van der Waals surface area (Å²) in [5.74, 6) is 1.96. The number of aromatic nitrogens is 2. The molecular weight excluding hydrogens is 204 g/mol. The summed E-state index contributed by atoms with van der Waals surface area (Å²) in [5, 5.41) is 6.58. The van der Waals surface area contributed by atoms with E-state index in [1.165, 1.54) is 6.42 Å². The standard InChI is InChI=1S/C11H18N4O/c1-2-16-10-4-6-13-11(15-10)14-8-9-3-5-12-7-9/h4,6,9,12H,2-3,5,7-8H2,1H3,(H,13,14,15). The molecule has 16 heavy (non-hydrogen) atoms. The van der Waals surface area contributed by atoms with Gasteiger partial charge >= 0.3 is 0 Å². The lowest BCUT2D eigenvalue weighted by Gasteiger charge is -2.10. The second-order valence-electron chi connectivity index (χ2n) is 3.89. The zero-order valence-electron chi connectivity index (χ0n) is 9.57. The Balaban J connectivity index is 1.85.